The molecule has 204 valence electrons. The second-order valence-corrected chi connectivity index (χ2v) is 10.5. The van der Waals surface area contributed by atoms with Crippen molar-refractivity contribution in [2.75, 3.05) is 72.0 Å². The molecule has 37 heavy (non-hydrogen) atoms. The minimum Gasteiger partial charge on any atom is -0.491 e. The van der Waals surface area contributed by atoms with Gasteiger partial charge in [0.05, 0.1) is 37.5 Å². The van der Waals surface area contributed by atoms with Crippen LogP contribution < -0.4 is 10.1 Å². The summed E-state index contributed by atoms with van der Waals surface area (Å²) in [6.45, 7) is 8.12. The highest BCUT2D eigenvalue weighted by Crippen LogP contribution is 2.32. The van der Waals surface area contributed by atoms with Crippen LogP contribution in [0.25, 0.3) is 0 Å². The summed E-state index contributed by atoms with van der Waals surface area (Å²) >= 11 is 0. The Balaban J connectivity index is 1.58. The number of morpholine rings is 1. The molecule has 1 saturated carbocycles. The smallest absolute Gasteiger partial charge is 0.257 e. The number of methoxy groups -OCH3 is 1. The van der Waals surface area contributed by atoms with Crippen molar-refractivity contribution in [1.82, 2.24) is 14.7 Å². The summed E-state index contributed by atoms with van der Waals surface area (Å²) in [6.07, 6.45) is 1.56. The third-order valence-electron chi connectivity index (χ3n) is 7.45. The maximum atomic E-state index is 13.5. The third kappa shape index (κ3) is 7.00. The molecule has 2 fully saturated rings. The molecular weight excluding hydrogens is 476 g/mol. The van der Waals surface area contributed by atoms with Gasteiger partial charge < -0.3 is 29.3 Å². The first-order chi connectivity index (χ1) is 17.8. The predicted molar refractivity (Wildman–Crippen MR) is 139 cm³/mol. The molecular formula is C27H40N4O6. The lowest BCUT2D eigenvalue weighted by atomic mass is 10.0. The molecule has 0 spiro atoms. The molecule has 1 aromatic rings. The van der Waals surface area contributed by atoms with Gasteiger partial charge in [0.25, 0.3) is 5.91 Å². The topological polar surface area (TPSA) is 101 Å². The van der Waals surface area contributed by atoms with E-state index in [-0.39, 0.29) is 48.3 Å². The van der Waals surface area contributed by atoms with E-state index in [1.165, 1.54) is 0 Å². The number of fused-ring (bicyclic) bond motifs is 1. The average Bonchev–Trinajstić information content (AvgIpc) is 3.74. The Morgan fingerprint density at radius 3 is 2.54 bits per heavy atom. The molecule has 2 heterocycles. The zero-order valence-electron chi connectivity index (χ0n) is 22.4. The highest BCUT2D eigenvalue weighted by Gasteiger charge is 2.32. The number of likely N-dealkylation sites (N-methyl/N-ethyl adjacent to an activating group) is 1. The zero-order valence-corrected chi connectivity index (χ0v) is 22.4. The van der Waals surface area contributed by atoms with E-state index in [0.717, 1.165) is 25.9 Å². The molecule has 0 bridgehead atoms. The molecule has 0 radical (unpaired) electrons. The van der Waals surface area contributed by atoms with E-state index < -0.39 is 0 Å². The lowest BCUT2D eigenvalue weighted by Gasteiger charge is -2.37. The van der Waals surface area contributed by atoms with Crippen LogP contribution >= 0.6 is 0 Å². The van der Waals surface area contributed by atoms with E-state index in [9.17, 15) is 14.4 Å². The number of hydrogen-bond donors (Lipinski definition) is 1. The molecule has 1 aromatic carbocycles. The van der Waals surface area contributed by atoms with Crippen LogP contribution in [0.2, 0.25) is 0 Å². The average molecular weight is 517 g/mol. The number of carbonyl (C=O) groups excluding carboxylic acids is 3. The molecule has 1 N–H and O–H groups in total. The first-order valence-electron chi connectivity index (χ1n) is 13.2. The number of anilines is 1. The molecule has 4 rings (SSSR count). The number of amides is 3. The number of nitrogens with one attached hydrogen (secondary N) is 1. The van der Waals surface area contributed by atoms with Crippen molar-refractivity contribution in [1.29, 1.82) is 0 Å². The molecule has 10 heteroatoms. The van der Waals surface area contributed by atoms with E-state index in [1.54, 1.807) is 37.3 Å². The maximum absolute atomic E-state index is 13.5. The van der Waals surface area contributed by atoms with Crippen molar-refractivity contribution in [2.24, 2.45) is 11.8 Å². The fourth-order valence-corrected chi connectivity index (χ4v) is 4.83. The van der Waals surface area contributed by atoms with Crippen molar-refractivity contribution in [3.8, 4) is 5.75 Å². The first-order valence-corrected chi connectivity index (χ1v) is 13.2. The standard InChI is InChI=1S/C27H40N4O6/c1-18-14-31(25(32)16-30-9-11-36-12-10-30)19(2)17-37-23-13-21(28-26(33)20-5-6-20)7-8-22(23)27(34)29(3)15-24(18)35-4/h7-8,13,18-20,24H,5-6,9-12,14-17H2,1-4H3,(H,28,33)/t18-,19+,24+/m0/s1. The van der Waals surface area contributed by atoms with Gasteiger partial charge in [-0.1, -0.05) is 6.92 Å². The van der Waals surface area contributed by atoms with Gasteiger partial charge in [-0.05, 0) is 31.9 Å². The minimum atomic E-state index is -0.249. The molecule has 10 nitrogen and oxygen atoms in total. The number of ether oxygens (including phenoxy) is 3. The summed E-state index contributed by atoms with van der Waals surface area (Å²) in [5.41, 5.74) is 1.00. The van der Waals surface area contributed by atoms with E-state index in [4.69, 9.17) is 14.2 Å². The van der Waals surface area contributed by atoms with Crippen LogP contribution in [0.1, 0.15) is 37.0 Å². The van der Waals surface area contributed by atoms with Crippen LogP contribution in [-0.2, 0) is 19.1 Å². The zero-order chi connectivity index (χ0) is 26.5. The number of nitrogens with zero attached hydrogens (tertiary/aromatic N) is 3. The van der Waals surface area contributed by atoms with Gasteiger partial charge >= 0.3 is 0 Å². The molecule has 0 unspecified atom stereocenters. The van der Waals surface area contributed by atoms with Gasteiger partial charge in [0.15, 0.2) is 0 Å². The summed E-state index contributed by atoms with van der Waals surface area (Å²) in [5, 5.41) is 2.93. The summed E-state index contributed by atoms with van der Waals surface area (Å²) in [6, 6.07) is 4.90. The summed E-state index contributed by atoms with van der Waals surface area (Å²) in [5.74, 6) is 0.288. The highest BCUT2D eigenvalue weighted by atomic mass is 16.5. The largest absolute Gasteiger partial charge is 0.491 e. The van der Waals surface area contributed by atoms with Gasteiger partial charge in [0.2, 0.25) is 11.8 Å². The van der Waals surface area contributed by atoms with E-state index in [2.05, 4.69) is 10.2 Å². The lowest BCUT2D eigenvalue weighted by Crippen LogP contribution is -2.52. The molecule has 1 aliphatic carbocycles. The van der Waals surface area contributed by atoms with Gasteiger partial charge in [-0.15, -0.1) is 0 Å². The highest BCUT2D eigenvalue weighted by molar-refractivity contribution is 5.99. The van der Waals surface area contributed by atoms with Gasteiger partial charge in [-0.3, -0.25) is 19.3 Å². The molecule has 2 aliphatic heterocycles. The molecule has 3 aliphatic rings. The Hall–Kier alpha value is -2.69. The Morgan fingerprint density at radius 1 is 1.14 bits per heavy atom. The van der Waals surface area contributed by atoms with Crippen molar-refractivity contribution in [3.63, 3.8) is 0 Å². The quantitative estimate of drug-likeness (QED) is 0.636. The van der Waals surface area contributed by atoms with E-state index in [0.29, 0.717) is 49.8 Å². The van der Waals surface area contributed by atoms with Crippen molar-refractivity contribution < 1.29 is 28.6 Å². The Morgan fingerprint density at radius 2 is 1.86 bits per heavy atom. The van der Waals surface area contributed by atoms with Crippen molar-refractivity contribution in [2.45, 2.75) is 38.8 Å². The number of rotatable bonds is 5. The lowest BCUT2D eigenvalue weighted by molar-refractivity contribution is -0.137. The fraction of sp³-hybridized carbons (Fsp3) is 0.667. The molecule has 1 saturated heterocycles. The minimum absolute atomic E-state index is 0.00440. The Labute approximate surface area is 219 Å². The van der Waals surface area contributed by atoms with Crippen LogP contribution in [0, 0.1) is 11.8 Å². The molecule has 3 amide bonds. The number of hydrogen-bond acceptors (Lipinski definition) is 7. The Kier molecular flexibility index (Phi) is 9.04. The van der Waals surface area contributed by atoms with Crippen LogP contribution in [0.5, 0.6) is 5.75 Å². The normalized spacial score (nSPS) is 25.9. The van der Waals surface area contributed by atoms with Gasteiger partial charge in [-0.2, -0.15) is 0 Å². The second kappa shape index (κ2) is 12.2. The summed E-state index contributed by atoms with van der Waals surface area (Å²) in [7, 11) is 3.38. The van der Waals surface area contributed by atoms with E-state index in [1.807, 2.05) is 18.7 Å². The summed E-state index contributed by atoms with van der Waals surface area (Å²) in [4.78, 5) is 44.8. The van der Waals surface area contributed by atoms with Gasteiger partial charge in [-0.25, -0.2) is 0 Å². The van der Waals surface area contributed by atoms with Crippen molar-refractivity contribution >= 4 is 23.4 Å². The number of benzene rings is 1. The van der Waals surface area contributed by atoms with Gasteiger partial charge in [0.1, 0.15) is 12.4 Å². The van der Waals surface area contributed by atoms with Crippen molar-refractivity contribution in [3.05, 3.63) is 23.8 Å². The van der Waals surface area contributed by atoms with Crippen LogP contribution in [0.4, 0.5) is 5.69 Å². The van der Waals surface area contributed by atoms with Crippen LogP contribution in [0.3, 0.4) is 0 Å². The van der Waals surface area contributed by atoms with Gasteiger partial charge in [0, 0.05) is 63.9 Å². The monoisotopic (exact) mass is 516 g/mol. The predicted octanol–water partition coefficient (Wildman–Crippen LogP) is 1.70. The second-order valence-electron chi connectivity index (χ2n) is 10.5. The van der Waals surface area contributed by atoms with Crippen LogP contribution in [0.15, 0.2) is 18.2 Å². The Bertz CT molecular complexity index is 978. The first kappa shape index (κ1) is 27.3. The maximum Gasteiger partial charge on any atom is 0.257 e. The third-order valence-corrected chi connectivity index (χ3v) is 7.45. The SMILES string of the molecule is CO[C@@H]1CN(C)C(=O)c2ccc(NC(=O)C3CC3)cc2OC[C@@H](C)N(C(=O)CN2CCOCC2)C[C@@H]1C. The summed E-state index contributed by atoms with van der Waals surface area (Å²) < 4.78 is 17.4. The van der Waals surface area contributed by atoms with Crippen LogP contribution in [-0.4, -0.2) is 111 Å². The number of carbonyl (C=O) groups is 3. The fourth-order valence-electron chi connectivity index (χ4n) is 4.83. The van der Waals surface area contributed by atoms with E-state index >= 15 is 0 Å². The molecule has 3 atom stereocenters. The molecule has 0 aromatic heterocycles.